The molecule has 0 bridgehead atoms. The Bertz CT molecular complexity index is 635. The Kier molecular flexibility index (Phi) is 2.85. The van der Waals surface area contributed by atoms with Crippen molar-refractivity contribution in [3.63, 3.8) is 0 Å². The molecule has 0 aliphatic carbocycles. The molecule has 3 rings (SSSR count). The van der Waals surface area contributed by atoms with Crippen LogP contribution in [0, 0.1) is 0 Å². The highest BCUT2D eigenvalue weighted by atomic mass is 32.1. The molecule has 0 saturated carbocycles. The molecule has 0 fully saturated rings. The SMILES string of the molecule is CN(C)Cc1nc(-c2nc3ccccc3[nH]2)cs1. The normalized spacial score (nSPS) is 11.5. The van der Waals surface area contributed by atoms with Crippen LogP contribution < -0.4 is 0 Å². The van der Waals surface area contributed by atoms with E-state index in [4.69, 9.17) is 0 Å². The molecule has 0 aliphatic heterocycles. The number of hydrogen-bond acceptors (Lipinski definition) is 4. The van der Waals surface area contributed by atoms with Gasteiger partial charge < -0.3 is 9.88 Å². The summed E-state index contributed by atoms with van der Waals surface area (Å²) in [4.78, 5) is 14.6. The van der Waals surface area contributed by atoms with Crippen LogP contribution in [0.25, 0.3) is 22.6 Å². The second kappa shape index (κ2) is 4.51. The lowest BCUT2D eigenvalue weighted by atomic mass is 10.3. The van der Waals surface area contributed by atoms with Crippen LogP contribution >= 0.6 is 11.3 Å². The van der Waals surface area contributed by atoms with E-state index >= 15 is 0 Å². The third-order valence-electron chi connectivity index (χ3n) is 2.64. The van der Waals surface area contributed by atoms with E-state index in [1.54, 1.807) is 11.3 Å². The minimum Gasteiger partial charge on any atom is -0.337 e. The Morgan fingerprint density at radius 2 is 2.06 bits per heavy atom. The number of rotatable bonds is 3. The molecule has 1 N–H and O–H groups in total. The van der Waals surface area contributed by atoms with E-state index in [9.17, 15) is 0 Å². The van der Waals surface area contributed by atoms with Crippen LogP contribution in [0.5, 0.6) is 0 Å². The zero-order chi connectivity index (χ0) is 12.5. The number of thiazole rings is 1. The summed E-state index contributed by atoms with van der Waals surface area (Å²) in [5.74, 6) is 0.845. The standard InChI is InChI=1S/C13H14N4S/c1-17(2)7-12-14-11(8-18-12)13-15-9-5-3-4-6-10(9)16-13/h3-6,8H,7H2,1-2H3,(H,15,16). The van der Waals surface area contributed by atoms with Gasteiger partial charge in [0, 0.05) is 11.9 Å². The fourth-order valence-electron chi connectivity index (χ4n) is 1.84. The average Bonchev–Trinajstić information content (AvgIpc) is 2.93. The molecule has 0 unspecified atom stereocenters. The van der Waals surface area contributed by atoms with Crippen LogP contribution in [0.4, 0.5) is 0 Å². The number of hydrogen-bond donors (Lipinski definition) is 1. The first-order valence-electron chi connectivity index (χ1n) is 5.76. The van der Waals surface area contributed by atoms with Gasteiger partial charge in [-0.2, -0.15) is 0 Å². The van der Waals surface area contributed by atoms with Gasteiger partial charge in [0.1, 0.15) is 10.7 Å². The number of aromatic amines is 1. The van der Waals surface area contributed by atoms with Crippen molar-refractivity contribution >= 4 is 22.4 Å². The Morgan fingerprint density at radius 1 is 1.22 bits per heavy atom. The van der Waals surface area contributed by atoms with E-state index in [0.29, 0.717) is 0 Å². The summed E-state index contributed by atoms with van der Waals surface area (Å²) >= 11 is 1.67. The number of benzene rings is 1. The van der Waals surface area contributed by atoms with E-state index < -0.39 is 0 Å². The second-order valence-electron chi connectivity index (χ2n) is 4.47. The van der Waals surface area contributed by atoms with Crippen LogP contribution in [0.2, 0.25) is 0 Å². The van der Waals surface area contributed by atoms with Crippen molar-refractivity contribution in [3.05, 3.63) is 34.7 Å². The van der Waals surface area contributed by atoms with Crippen LogP contribution in [0.3, 0.4) is 0 Å². The molecule has 0 aliphatic rings. The first-order chi connectivity index (χ1) is 8.72. The molecule has 92 valence electrons. The van der Waals surface area contributed by atoms with E-state index in [-0.39, 0.29) is 0 Å². The monoisotopic (exact) mass is 258 g/mol. The minimum atomic E-state index is 0.845. The van der Waals surface area contributed by atoms with Crippen molar-refractivity contribution in [2.75, 3.05) is 14.1 Å². The van der Waals surface area contributed by atoms with Gasteiger partial charge in [0.2, 0.25) is 0 Å². The largest absolute Gasteiger partial charge is 0.337 e. The zero-order valence-corrected chi connectivity index (χ0v) is 11.2. The van der Waals surface area contributed by atoms with E-state index in [1.807, 2.05) is 38.4 Å². The van der Waals surface area contributed by atoms with Crippen molar-refractivity contribution in [3.8, 4) is 11.5 Å². The maximum atomic E-state index is 4.60. The fraction of sp³-hybridized carbons (Fsp3) is 0.231. The Labute approximate surface area is 109 Å². The van der Waals surface area contributed by atoms with E-state index in [2.05, 4.69) is 25.2 Å². The smallest absolute Gasteiger partial charge is 0.158 e. The summed E-state index contributed by atoms with van der Waals surface area (Å²) in [7, 11) is 4.09. The van der Waals surface area contributed by atoms with Gasteiger partial charge in [-0.05, 0) is 26.2 Å². The molecular formula is C13H14N4S. The van der Waals surface area contributed by atoms with Crippen molar-refractivity contribution in [2.24, 2.45) is 0 Å². The number of imidazole rings is 1. The van der Waals surface area contributed by atoms with Crippen molar-refractivity contribution in [1.82, 2.24) is 19.9 Å². The zero-order valence-electron chi connectivity index (χ0n) is 10.3. The third kappa shape index (κ3) is 2.14. The highest BCUT2D eigenvalue weighted by Gasteiger charge is 2.09. The Balaban J connectivity index is 1.96. The topological polar surface area (TPSA) is 44.8 Å². The molecule has 2 heterocycles. The number of nitrogens with one attached hydrogen (secondary N) is 1. The summed E-state index contributed by atoms with van der Waals surface area (Å²) < 4.78 is 0. The summed E-state index contributed by atoms with van der Waals surface area (Å²) in [6.45, 7) is 0.866. The number of fused-ring (bicyclic) bond motifs is 1. The third-order valence-corrected chi connectivity index (χ3v) is 3.47. The van der Waals surface area contributed by atoms with Gasteiger partial charge in [-0.25, -0.2) is 9.97 Å². The summed E-state index contributed by atoms with van der Waals surface area (Å²) in [5, 5.41) is 3.16. The molecule has 2 aromatic heterocycles. The Hall–Kier alpha value is -1.72. The molecule has 3 aromatic rings. The van der Waals surface area contributed by atoms with Gasteiger partial charge in [0.25, 0.3) is 0 Å². The Morgan fingerprint density at radius 3 is 2.83 bits per heavy atom. The van der Waals surface area contributed by atoms with Gasteiger partial charge >= 0.3 is 0 Å². The molecule has 1 aromatic carbocycles. The molecule has 0 radical (unpaired) electrons. The molecule has 18 heavy (non-hydrogen) atoms. The van der Waals surface area contributed by atoms with Gasteiger partial charge in [-0.15, -0.1) is 11.3 Å². The van der Waals surface area contributed by atoms with Crippen molar-refractivity contribution in [2.45, 2.75) is 6.54 Å². The summed E-state index contributed by atoms with van der Waals surface area (Å²) in [5.41, 5.74) is 2.96. The average molecular weight is 258 g/mol. The number of para-hydroxylation sites is 2. The lowest BCUT2D eigenvalue weighted by molar-refractivity contribution is 0.401. The van der Waals surface area contributed by atoms with Gasteiger partial charge in [-0.3, -0.25) is 0 Å². The predicted octanol–water partition coefficient (Wildman–Crippen LogP) is 2.75. The lowest BCUT2D eigenvalue weighted by Crippen LogP contribution is -2.10. The van der Waals surface area contributed by atoms with E-state index in [0.717, 1.165) is 34.1 Å². The first-order valence-corrected chi connectivity index (χ1v) is 6.64. The van der Waals surface area contributed by atoms with Crippen LogP contribution in [0.1, 0.15) is 5.01 Å². The number of nitrogens with zero attached hydrogens (tertiary/aromatic N) is 3. The highest BCUT2D eigenvalue weighted by molar-refractivity contribution is 7.09. The van der Waals surface area contributed by atoms with Gasteiger partial charge in [0.05, 0.1) is 11.0 Å². The quantitative estimate of drug-likeness (QED) is 0.785. The molecular weight excluding hydrogens is 244 g/mol. The maximum absolute atomic E-state index is 4.60. The fourth-order valence-corrected chi connectivity index (χ4v) is 2.73. The molecule has 4 nitrogen and oxygen atoms in total. The minimum absolute atomic E-state index is 0.845. The molecule has 0 amide bonds. The van der Waals surface area contributed by atoms with Crippen molar-refractivity contribution < 1.29 is 0 Å². The molecule has 0 atom stereocenters. The molecule has 0 saturated heterocycles. The van der Waals surface area contributed by atoms with E-state index in [1.165, 1.54) is 0 Å². The second-order valence-corrected chi connectivity index (χ2v) is 5.41. The number of H-pyrrole nitrogens is 1. The van der Waals surface area contributed by atoms with Crippen LogP contribution in [0.15, 0.2) is 29.6 Å². The first kappa shape index (κ1) is 11.4. The predicted molar refractivity (Wildman–Crippen MR) is 74.6 cm³/mol. The van der Waals surface area contributed by atoms with Crippen molar-refractivity contribution in [1.29, 1.82) is 0 Å². The summed E-state index contributed by atoms with van der Waals surface area (Å²) in [6, 6.07) is 8.02. The van der Waals surface area contributed by atoms with Gasteiger partial charge in [-0.1, -0.05) is 12.1 Å². The highest BCUT2D eigenvalue weighted by Crippen LogP contribution is 2.22. The van der Waals surface area contributed by atoms with Crippen LogP contribution in [-0.4, -0.2) is 33.9 Å². The lowest BCUT2D eigenvalue weighted by Gasteiger charge is -2.04. The van der Waals surface area contributed by atoms with Gasteiger partial charge in [0.15, 0.2) is 5.82 Å². The molecule has 5 heteroatoms. The molecule has 0 spiro atoms. The summed E-state index contributed by atoms with van der Waals surface area (Å²) in [6.07, 6.45) is 0. The van der Waals surface area contributed by atoms with Crippen LogP contribution in [-0.2, 0) is 6.54 Å². The maximum Gasteiger partial charge on any atom is 0.158 e. The number of aromatic nitrogens is 3.